The van der Waals surface area contributed by atoms with Crippen molar-refractivity contribution < 1.29 is 14.8 Å². The fourth-order valence-corrected chi connectivity index (χ4v) is 2.32. The Labute approximate surface area is 121 Å². The molecule has 0 aromatic heterocycles. The average Bonchev–Trinajstić information content (AvgIpc) is 2.47. The minimum Gasteiger partial charge on any atom is -0.344 e. The van der Waals surface area contributed by atoms with Gasteiger partial charge in [0.25, 0.3) is 5.91 Å². The van der Waals surface area contributed by atoms with E-state index in [2.05, 4.69) is 5.32 Å². The first-order valence-electron chi connectivity index (χ1n) is 7.54. The number of amides is 2. The van der Waals surface area contributed by atoms with Crippen LogP contribution in [-0.2, 0) is 9.59 Å². The summed E-state index contributed by atoms with van der Waals surface area (Å²) in [6, 6.07) is -0.662. The molecule has 6 heteroatoms. The lowest BCUT2D eigenvalue weighted by Crippen LogP contribution is -2.50. The zero-order valence-corrected chi connectivity index (χ0v) is 12.7. The summed E-state index contributed by atoms with van der Waals surface area (Å²) in [7, 11) is 0. The Bertz CT molecular complexity index is 285. The Morgan fingerprint density at radius 1 is 1.15 bits per heavy atom. The number of carbonyl (C=O) groups excluding carboxylic acids is 2. The maximum atomic E-state index is 11.8. The topological polar surface area (TPSA) is 104 Å². The third kappa shape index (κ3) is 7.45. The van der Waals surface area contributed by atoms with Crippen molar-refractivity contribution >= 4 is 11.8 Å². The zero-order valence-electron chi connectivity index (χ0n) is 12.7. The maximum Gasteiger partial charge on any atom is 0.266 e. The highest BCUT2D eigenvalue weighted by atomic mass is 16.5. The number of hydroxylamine groups is 1. The van der Waals surface area contributed by atoms with Crippen molar-refractivity contribution in [1.82, 2.24) is 10.8 Å². The summed E-state index contributed by atoms with van der Waals surface area (Å²) in [5.41, 5.74) is 7.12. The molecule has 0 heterocycles. The van der Waals surface area contributed by atoms with Crippen LogP contribution < -0.4 is 16.5 Å². The van der Waals surface area contributed by atoms with Crippen LogP contribution in [-0.4, -0.2) is 29.6 Å². The molecule has 0 saturated carbocycles. The summed E-state index contributed by atoms with van der Waals surface area (Å²) in [5, 5.41) is 11.6. The monoisotopic (exact) mass is 287 g/mol. The number of rotatable bonds is 11. The van der Waals surface area contributed by atoms with Gasteiger partial charge in [-0.2, -0.15) is 0 Å². The minimum atomic E-state index is -0.662. The Kier molecular flexibility index (Phi) is 11.0. The summed E-state index contributed by atoms with van der Waals surface area (Å²) in [6.07, 6.45) is 5.89. The van der Waals surface area contributed by atoms with Gasteiger partial charge in [-0.05, 0) is 31.7 Å². The molecule has 20 heavy (non-hydrogen) atoms. The molecule has 0 radical (unpaired) electrons. The van der Waals surface area contributed by atoms with Gasteiger partial charge in [-0.15, -0.1) is 0 Å². The van der Waals surface area contributed by atoms with Crippen molar-refractivity contribution in [2.45, 2.75) is 64.8 Å². The zero-order chi connectivity index (χ0) is 15.4. The van der Waals surface area contributed by atoms with E-state index in [0.717, 1.165) is 38.5 Å². The van der Waals surface area contributed by atoms with Crippen molar-refractivity contribution in [1.29, 1.82) is 0 Å². The van der Waals surface area contributed by atoms with Gasteiger partial charge in [0.05, 0.1) is 0 Å². The van der Waals surface area contributed by atoms with Gasteiger partial charge in [0.15, 0.2) is 0 Å². The Morgan fingerprint density at radius 2 is 1.85 bits per heavy atom. The molecule has 0 bridgehead atoms. The SMILES string of the molecule is CCCC(CCCCCN)C(NC(=O)CC)C(=O)NO. The van der Waals surface area contributed by atoms with E-state index in [1.807, 2.05) is 6.92 Å². The second-order valence-electron chi connectivity index (χ2n) is 5.06. The first kappa shape index (κ1) is 18.9. The molecule has 0 aromatic rings. The Morgan fingerprint density at radius 3 is 2.35 bits per heavy atom. The van der Waals surface area contributed by atoms with Gasteiger partial charge in [0.2, 0.25) is 5.91 Å². The van der Waals surface area contributed by atoms with Crippen molar-refractivity contribution in [3.63, 3.8) is 0 Å². The van der Waals surface area contributed by atoms with E-state index < -0.39 is 11.9 Å². The quantitative estimate of drug-likeness (QED) is 0.261. The van der Waals surface area contributed by atoms with Crippen molar-refractivity contribution in [2.75, 3.05) is 6.54 Å². The van der Waals surface area contributed by atoms with Crippen molar-refractivity contribution in [3.8, 4) is 0 Å². The molecule has 0 fully saturated rings. The molecule has 0 aliphatic rings. The smallest absolute Gasteiger partial charge is 0.266 e. The molecule has 5 N–H and O–H groups in total. The van der Waals surface area contributed by atoms with E-state index in [1.165, 1.54) is 0 Å². The molecule has 0 aliphatic carbocycles. The summed E-state index contributed by atoms with van der Waals surface area (Å²) in [4.78, 5) is 23.3. The molecule has 2 amide bonds. The van der Waals surface area contributed by atoms with E-state index in [4.69, 9.17) is 10.9 Å². The highest BCUT2D eigenvalue weighted by Gasteiger charge is 2.28. The first-order chi connectivity index (χ1) is 9.60. The normalized spacial score (nSPS) is 13.6. The molecule has 2 atom stereocenters. The number of hydrogen-bond acceptors (Lipinski definition) is 4. The highest BCUT2D eigenvalue weighted by molar-refractivity contribution is 5.87. The molecule has 2 unspecified atom stereocenters. The fraction of sp³-hybridized carbons (Fsp3) is 0.857. The number of nitrogens with one attached hydrogen (secondary N) is 2. The van der Waals surface area contributed by atoms with Gasteiger partial charge >= 0.3 is 0 Å². The van der Waals surface area contributed by atoms with Crippen LogP contribution in [0.4, 0.5) is 0 Å². The lowest BCUT2D eigenvalue weighted by atomic mass is 9.88. The van der Waals surface area contributed by atoms with Crippen LogP contribution >= 0.6 is 0 Å². The summed E-state index contributed by atoms with van der Waals surface area (Å²) in [6.45, 7) is 4.45. The summed E-state index contributed by atoms with van der Waals surface area (Å²) >= 11 is 0. The van der Waals surface area contributed by atoms with Crippen LogP contribution in [0.3, 0.4) is 0 Å². The van der Waals surface area contributed by atoms with E-state index in [0.29, 0.717) is 13.0 Å². The van der Waals surface area contributed by atoms with Gasteiger partial charge in [-0.3, -0.25) is 14.8 Å². The summed E-state index contributed by atoms with van der Waals surface area (Å²) in [5.74, 6) is -0.675. The highest BCUT2D eigenvalue weighted by Crippen LogP contribution is 2.20. The largest absolute Gasteiger partial charge is 0.344 e. The maximum absolute atomic E-state index is 11.8. The molecule has 118 valence electrons. The van der Waals surface area contributed by atoms with E-state index >= 15 is 0 Å². The molecule has 0 saturated heterocycles. The predicted molar refractivity (Wildman–Crippen MR) is 78.1 cm³/mol. The average molecular weight is 287 g/mol. The van der Waals surface area contributed by atoms with Gasteiger partial charge in [0, 0.05) is 6.42 Å². The van der Waals surface area contributed by atoms with Gasteiger partial charge in [-0.25, -0.2) is 5.48 Å². The molecule has 0 aliphatic heterocycles. The fourth-order valence-electron chi connectivity index (χ4n) is 2.32. The lowest BCUT2D eigenvalue weighted by Gasteiger charge is -2.26. The number of nitrogens with two attached hydrogens (primary N) is 1. The van der Waals surface area contributed by atoms with Crippen LogP contribution in [0.1, 0.15) is 58.8 Å². The molecule has 0 rings (SSSR count). The standard InChI is InChI=1S/C14H29N3O3/c1-3-8-11(9-6-5-7-10-15)13(14(19)17-20)16-12(18)4-2/h11,13,20H,3-10,15H2,1-2H3,(H,16,18)(H,17,19). The van der Waals surface area contributed by atoms with Crippen LogP contribution in [0, 0.1) is 5.92 Å². The third-order valence-corrected chi connectivity index (χ3v) is 3.44. The number of carbonyl (C=O) groups is 2. The predicted octanol–water partition coefficient (Wildman–Crippen LogP) is 1.32. The Hall–Kier alpha value is -1.14. The summed E-state index contributed by atoms with van der Waals surface area (Å²) < 4.78 is 0. The molecular weight excluding hydrogens is 258 g/mol. The molecular formula is C14H29N3O3. The third-order valence-electron chi connectivity index (χ3n) is 3.44. The van der Waals surface area contributed by atoms with Crippen molar-refractivity contribution in [3.05, 3.63) is 0 Å². The van der Waals surface area contributed by atoms with Crippen molar-refractivity contribution in [2.24, 2.45) is 11.7 Å². The molecule has 6 nitrogen and oxygen atoms in total. The lowest BCUT2D eigenvalue weighted by molar-refractivity contribution is -0.136. The van der Waals surface area contributed by atoms with Crippen LogP contribution in [0.2, 0.25) is 0 Å². The van der Waals surface area contributed by atoms with Crippen LogP contribution in [0.5, 0.6) is 0 Å². The number of unbranched alkanes of at least 4 members (excludes halogenated alkanes) is 2. The van der Waals surface area contributed by atoms with E-state index in [9.17, 15) is 9.59 Å². The first-order valence-corrected chi connectivity index (χ1v) is 7.54. The number of hydrogen-bond donors (Lipinski definition) is 4. The molecule has 0 aromatic carbocycles. The van der Waals surface area contributed by atoms with Gasteiger partial charge in [0.1, 0.15) is 6.04 Å². The van der Waals surface area contributed by atoms with Gasteiger partial charge in [-0.1, -0.05) is 33.1 Å². The minimum absolute atomic E-state index is 0.0421. The van der Waals surface area contributed by atoms with Crippen LogP contribution in [0.15, 0.2) is 0 Å². The van der Waals surface area contributed by atoms with Gasteiger partial charge < -0.3 is 11.1 Å². The van der Waals surface area contributed by atoms with E-state index in [1.54, 1.807) is 12.4 Å². The molecule has 0 spiro atoms. The van der Waals surface area contributed by atoms with E-state index in [-0.39, 0.29) is 11.8 Å². The van der Waals surface area contributed by atoms with Crippen LogP contribution in [0.25, 0.3) is 0 Å². The Balaban J connectivity index is 4.63. The second kappa shape index (κ2) is 11.7. The second-order valence-corrected chi connectivity index (χ2v) is 5.06.